The van der Waals surface area contributed by atoms with Gasteiger partial charge in [-0.15, -0.1) is 0 Å². The summed E-state index contributed by atoms with van der Waals surface area (Å²) in [6.45, 7) is 0.698. The molecule has 1 aromatic carbocycles. The van der Waals surface area contributed by atoms with Crippen molar-refractivity contribution >= 4 is 34.3 Å². The van der Waals surface area contributed by atoms with Crippen molar-refractivity contribution in [3.63, 3.8) is 0 Å². The van der Waals surface area contributed by atoms with Crippen molar-refractivity contribution in [2.45, 2.75) is 19.1 Å². The number of carbonyl (C=O) groups is 2. The normalized spacial score (nSPS) is 13.7. The first-order chi connectivity index (χ1) is 12.8. The van der Waals surface area contributed by atoms with Crippen molar-refractivity contribution in [2.75, 3.05) is 24.3 Å². The van der Waals surface area contributed by atoms with Crippen molar-refractivity contribution in [3.8, 4) is 0 Å². The molecule has 0 spiro atoms. The van der Waals surface area contributed by atoms with Crippen LogP contribution in [0.1, 0.15) is 16.1 Å². The molecule has 3 rings (SSSR count). The lowest BCUT2D eigenvalue weighted by atomic mass is 10.2. The van der Waals surface area contributed by atoms with Gasteiger partial charge in [0.15, 0.2) is 5.13 Å². The fourth-order valence-electron chi connectivity index (χ4n) is 2.51. The van der Waals surface area contributed by atoms with Gasteiger partial charge >= 0.3 is 18.3 Å². The molecular formula is C16H15F3N4O3S. The molecule has 0 radical (unpaired) electrons. The van der Waals surface area contributed by atoms with Gasteiger partial charge in [-0.25, -0.2) is 14.6 Å². The van der Waals surface area contributed by atoms with Crippen LogP contribution in [0.15, 0.2) is 24.3 Å². The Hall–Kier alpha value is -2.82. The minimum absolute atomic E-state index is 0.274. The van der Waals surface area contributed by atoms with Crippen molar-refractivity contribution in [1.29, 1.82) is 0 Å². The van der Waals surface area contributed by atoms with E-state index in [1.54, 1.807) is 0 Å². The van der Waals surface area contributed by atoms with Crippen LogP contribution in [0.25, 0.3) is 0 Å². The van der Waals surface area contributed by atoms with Gasteiger partial charge in [0, 0.05) is 23.5 Å². The Morgan fingerprint density at radius 3 is 2.56 bits per heavy atom. The molecule has 2 aromatic rings. The zero-order valence-electron chi connectivity index (χ0n) is 14.1. The summed E-state index contributed by atoms with van der Waals surface area (Å²) >= 11 is 1.24. The Labute approximate surface area is 156 Å². The van der Waals surface area contributed by atoms with Crippen LogP contribution in [0.2, 0.25) is 0 Å². The number of hydrogen-bond acceptors (Lipinski definition) is 5. The Morgan fingerprint density at radius 2 is 1.93 bits per heavy atom. The molecule has 0 atom stereocenters. The Bertz CT molecular complexity index is 852. The van der Waals surface area contributed by atoms with Crippen molar-refractivity contribution < 1.29 is 27.5 Å². The molecule has 3 amide bonds. The maximum absolute atomic E-state index is 12.6. The fourth-order valence-corrected chi connectivity index (χ4v) is 3.52. The lowest BCUT2D eigenvalue weighted by Gasteiger charge is -2.26. The van der Waals surface area contributed by atoms with Crippen LogP contribution in [-0.4, -0.2) is 35.7 Å². The molecule has 7 nitrogen and oxygen atoms in total. The van der Waals surface area contributed by atoms with Gasteiger partial charge in [-0.2, -0.15) is 13.2 Å². The summed E-state index contributed by atoms with van der Waals surface area (Å²) in [4.78, 5) is 30.3. The van der Waals surface area contributed by atoms with Crippen molar-refractivity contribution in [2.24, 2.45) is 0 Å². The quantitative estimate of drug-likeness (QED) is 0.800. The molecule has 1 aliphatic rings. The highest BCUT2D eigenvalue weighted by molar-refractivity contribution is 7.15. The minimum Gasteiger partial charge on any atom is -0.453 e. The number of benzene rings is 1. The van der Waals surface area contributed by atoms with Crippen molar-refractivity contribution in [1.82, 2.24) is 9.88 Å². The predicted octanol–water partition coefficient (Wildman–Crippen LogP) is 3.93. The molecular weight excluding hydrogens is 385 g/mol. The third-order valence-corrected chi connectivity index (χ3v) is 4.87. The van der Waals surface area contributed by atoms with Crippen LogP contribution in [-0.2, 0) is 23.9 Å². The van der Waals surface area contributed by atoms with E-state index in [0.29, 0.717) is 24.6 Å². The average Bonchev–Trinajstić information content (AvgIpc) is 3.02. The monoisotopic (exact) mass is 400 g/mol. The zero-order valence-corrected chi connectivity index (χ0v) is 14.9. The van der Waals surface area contributed by atoms with Gasteiger partial charge in [0.1, 0.15) is 0 Å². The average molecular weight is 400 g/mol. The van der Waals surface area contributed by atoms with Crippen LogP contribution in [0.5, 0.6) is 0 Å². The van der Waals surface area contributed by atoms with E-state index < -0.39 is 23.9 Å². The van der Waals surface area contributed by atoms with Crippen LogP contribution < -0.4 is 10.6 Å². The van der Waals surface area contributed by atoms with E-state index in [-0.39, 0.29) is 5.69 Å². The largest absolute Gasteiger partial charge is 0.453 e. The summed E-state index contributed by atoms with van der Waals surface area (Å²) < 4.78 is 42.3. The first-order valence-electron chi connectivity index (χ1n) is 7.83. The number of carbonyl (C=O) groups excluding carboxylic acids is 2. The third kappa shape index (κ3) is 4.48. The van der Waals surface area contributed by atoms with Crippen molar-refractivity contribution in [3.05, 3.63) is 40.4 Å². The number of nitrogens with one attached hydrogen (secondary N) is 2. The van der Waals surface area contributed by atoms with Gasteiger partial charge in [-0.3, -0.25) is 5.32 Å². The molecule has 0 unspecified atom stereocenters. The van der Waals surface area contributed by atoms with E-state index in [1.165, 1.54) is 35.5 Å². The number of ether oxygens (including phenoxy) is 1. The topological polar surface area (TPSA) is 83.6 Å². The number of fused-ring (bicyclic) bond motifs is 1. The molecule has 27 heavy (non-hydrogen) atoms. The molecule has 0 fully saturated rings. The Kier molecular flexibility index (Phi) is 5.22. The molecule has 0 saturated carbocycles. The highest BCUT2D eigenvalue weighted by Crippen LogP contribution is 2.31. The number of aromatic nitrogens is 1. The van der Waals surface area contributed by atoms with E-state index in [9.17, 15) is 22.8 Å². The molecule has 2 N–H and O–H groups in total. The molecule has 144 valence electrons. The van der Waals surface area contributed by atoms with E-state index >= 15 is 0 Å². The first kappa shape index (κ1) is 19.0. The summed E-state index contributed by atoms with van der Waals surface area (Å²) in [7, 11) is 1.25. The number of thiazole rings is 1. The maximum atomic E-state index is 12.6. The summed E-state index contributed by atoms with van der Waals surface area (Å²) in [6.07, 6.45) is -4.54. The fraction of sp³-hybridized carbons (Fsp3) is 0.312. The van der Waals surface area contributed by atoms with E-state index in [4.69, 9.17) is 0 Å². The number of alkyl halides is 3. The zero-order chi connectivity index (χ0) is 19.6. The molecule has 11 heteroatoms. The molecule has 0 aliphatic carbocycles. The number of urea groups is 1. The SMILES string of the molecule is COC(=O)Nc1nc2c(s1)CN(C(=O)Nc1ccc(C(F)(F)F)cc1)CC2. The summed E-state index contributed by atoms with van der Waals surface area (Å²) in [5.74, 6) is 0. The Balaban J connectivity index is 1.63. The first-order valence-corrected chi connectivity index (χ1v) is 8.64. The molecule has 2 heterocycles. The number of amides is 3. The van der Waals surface area contributed by atoms with E-state index in [1.807, 2.05) is 0 Å². The molecule has 0 bridgehead atoms. The van der Waals surface area contributed by atoms with Gasteiger partial charge in [-0.05, 0) is 24.3 Å². The molecule has 0 saturated heterocycles. The van der Waals surface area contributed by atoms with Gasteiger partial charge in [0.25, 0.3) is 0 Å². The smallest absolute Gasteiger partial charge is 0.416 e. The summed E-state index contributed by atoms with van der Waals surface area (Å²) in [5, 5.41) is 5.45. The number of hydrogen-bond donors (Lipinski definition) is 2. The summed E-state index contributed by atoms with van der Waals surface area (Å²) in [5.41, 5.74) is 0.291. The highest BCUT2D eigenvalue weighted by atomic mass is 32.1. The minimum atomic E-state index is -4.42. The summed E-state index contributed by atoms with van der Waals surface area (Å²) in [6, 6.07) is 3.83. The van der Waals surface area contributed by atoms with Gasteiger partial charge < -0.3 is 15.0 Å². The predicted molar refractivity (Wildman–Crippen MR) is 92.7 cm³/mol. The highest BCUT2D eigenvalue weighted by Gasteiger charge is 2.30. The lowest BCUT2D eigenvalue weighted by molar-refractivity contribution is -0.137. The molecule has 1 aliphatic heterocycles. The Morgan fingerprint density at radius 1 is 1.22 bits per heavy atom. The number of methoxy groups -OCH3 is 1. The number of rotatable bonds is 2. The van der Waals surface area contributed by atoms with E-state index in [2.05, 4.69) is 20.4 Å². The van der Waals surface area contributed by atoms with Crippen LogP contribution >= 0.6 is 11.3 Å². The van der Waals surface area contributed by atoms with Gasteiger partial charge in [0.05, 0.1) is 24.9 Å². The second kappa shape index (κ2) is 7.43. The number of anilines is 2. The van der Waals surface area contributed by atoms with Crippen LogP contribution in [0.3, 0.4) is 0 Å². The second-order valence-electron chi connectivity index (χ2n) is 5.68. The number of halogens is 3. The second-order valence-corrected chi connectivity index (χ2v) is 6.77. The lowest BCUT2D eigenvalue weighted by Crippen LogP contribution is -2.38. The number of nitrogens with zero attached hydrogens (tertiary/aromatic N) is 2. The molecule has 1 aromatic heterocycles. The van der Waals surface area contributed by atoms with Crippen LogP contribution in [0.4, 0.5) is 33.6 Å². The third-order valence-electron chi connectivity index (χ3n) is 3.88. The van der Waals surface area contributed by atoms with Gasteiger partial charge in [-0.1, -0.05) is 11.3 Å². The maximum Gasteiger partial charge on any atom is 0.416 e. The van der Waals surface area contributed by atoms with Gasteiger partial charge in [0.2, 0.25) is 0 Å². The standard InChI is InChI=1S/C16H15F3N4O3S/c1-26-15(25)22-13-21-11-6-7-23(8-12(11)27-13)14(24)20-10-4-2-9(3-5-10)16(17,18)19/h2-5H,6-8H2,1H3,(H,20,24)(H,21,22,25). The van der Waals surface area contributed by atoms with Crippen LogP contribution in [0, 0.1) is 0 Å². The van der Waals surface area contributed by atoms with E-state index in [0.717, 1.165) is 22.7 Å².